The third-order valence-corrected chi connectivity index (χ3v) is 4.74. The standard InChI is InChI=1S/C19H24N4O2/c1-2-20-19(23-16-10-15-8-9-17(16)25-15)21-11-14-12-24-18(22-14)13-6-4-3-5-7-13/h3-7,12,15-17H,2,8-11H2,1H3,(H2,20,21,23). The molecule has 2 aliphatic rings. The number of fused-ring (bicyclic) bond motifs is 2. The number of nitrogens with one attached hydrogen (secondary N) is 2. The van der Waals surface area contributed by atoms with Gasteiger partial charge in [-0.15, -0.1) is 0 Å². The lowest BCUT2D eigenvalue weighted by Gasteiger charge is -2.22. The molecule has 0 spiro atoms. The van der Waals surface area contributed by atoms with Crippen LogP contribution in [0.5, 0.6) is 0 Å². The van der Waals surface area contributed by atoms with Crippen molar-refractivity contribution in [1.29, 1.82) is 0 Å². The molecule has 3 heterocycles. The summed E-state index contributed by atoms with van der Waals surface area (Å²) in [7, 11) is 0. The van der Waals surface area contributed by atoms with Crippen molar-refractivity contribution in [1.82, 2.24) is 15.6 Å². The number of benzene rings is 1. The zero-order valence-electron chi connectivity index (χ0n) is 14.4. The van der Waals surface area contributed by atoms with E-state index in [1.54, 1.807) is 6.26 Å². The summed E-state index contributed by atoms with van der Waals surface area (Å²) in [5.74, 6) is 1.44. The van der Waals surface area contributed by atoms with Crippen molar-refractivity contribution < 1.29 is 9.15 Å². The van der Waals surface area contributed by atoms with E-state index in [2.05, 4.69) is 27.5 Å². The van der Waals surface area contributed by atoms with Gasteiger partial charge in [-0.3, -0.25) is 0 Å². The summed E-state index contributed by atoms with van der Waals surface area (Å²) >= 11 is 0. The first kappa shape index (κ1) is 16.1. The van der Waals surface area contributed by atoms with Crippen LogP contribution in [0.1, 0.15) is 31.9 Å². The van der Waals surface area contributed by atoms with Crippen molar-refractivity contribution in [2.24, 2.45) is 4.99 Å². The summed E-state index contributed by atoms with van der Waals surface area (Å²) in [6, 6.07) is 10.3. The third-order valence-electron chi connectivity index (χ3n) is 4.74. The Kier molecular flexibility index (Phi) is 4.70. The maximum Gasteiger partial charge on any atom is 0.226 e. The number of aliphatic imine (C=N–C) groups is 1. The van der Waals surface area contributed by atoms with Gasteiger partial charge in [0.1, 0.15) is 12.0 Å². The molecule has 0 amide bonds. The van der Waals surface area contributed by atoms with Gasteiger partial charge >= 0.3 is 0 Å². The Hall–Kier alpha value is -2.34. The molecule has 2 saturated heterocycles. The molecule has 2 aliphatic heterocycles. The van der Waals surface area contributed by atoms with Gasteiger partial charge < -0.3 is 19.8 Å². The number of hydrogen-bond donors (Lipinski definition) is 2. The van der Waals surface area contributed by atoms with Gasteiger partial charge in [0.25, 0.3) is 0 Å². The number of nitrogens with zero attached hydrogens (tertiary/aromatic N) is 2. The molecule has 2 fully saturated rings. The quantitative estimate of drug-likeness (QED) is 0.647. The van der Waals surface area contributed by atoms with Crippen molar-refractivity contribution >= 4 is 5.96 Å². The molecule has 132 valence electrons. The summed E-state index contributed by atoms with van der Waals surface area (Å²) in [5, 5.41) is 6.82. The van der Waals surface area contributed by atoms with Crippen LogP contribution in [0, 0.1) is 0 Å². The lowest BCUT2D eigenvalue weighted by Crippen LogP contribution is -2.47. The van der Waals surface area contributed by atoms with Gasteiger partial charge in [0.05, 0.1) is 24.8 Å². The number of hydrogen-bond acceptors (Lipinski definition) is 4. The number of oxazole rings is 1. The Balaban J connectivity index is 1.40. The molecule has 3 atom stereocenters. The summed E-state index contributed by atoms with van der Waals surface area (Å²) in [6.07, 6.45) is 5.83. The van der Waals surface area contributed by atoms with E-state index in [1.165, 1.54) is 6.42 Å². The highest BCUT2D eigenvalue weighted by atomic mass is 16.5. The summed E-state index contributed by atoms with van der Waals surface area (Å²) in [4.78, 5) is 9.18. The normalized spacial score (nSPS) is 25.3. The molecule has 25 heavy (non-hydrogen) atoms. The average Bonchev–Trinajstić information content (AvgIpc) is 3.37. The van der Waals surface area contributed by atoms with E-state index in [4.69, 9.17) is 9.15 Å². The molecule has 2 bridgehead atoms. The summed E-state index contributed by atoms with van der Waals surface area (Å²) in [6.45, 7) is 3.37. The van der Waals surface area contributed by atoms with Crippen molar-refractivity contribution in [3.05, 3.63) is 42.3 Å². The van der Waals surface area contributed by atoms with Gasteiger partial charge in [0, 0.05) is 12.1 Å². The van der Waals surface area contributed by atoms with Gasteiger partial charge in [-0.25, -0.2) is 9.98 Å². The number of guanidine groups is 1. The van der Waals surface area contributed by atoms with E-state index in [0.29, 0.717) is 30.7 Å². The minimum Gasteiger partial charge on any atom is -0.444 e. The lowest BCUT2D eigenvalue weighted by molar-refractivity contribution is 0.0992. The molecule has 0 aliphatic carbocycles. The maximum atomic E-state index is 5.91. The molecule has 6 heteroatoms. The second kappa shape index (κ2) is 7.27. The van der Waals surface area contributed by atoms with Crippen molar-refractivity contribution in [2.75, 3.05) is 6.54 Å². The first-order chi connectivity index (χ1) is 12.3. The fraction of sp³-hybridized carbons (Fsp3) is 0.474. The minimum absolute atomic E-state index is 0.325. The van der Waals surface area contributed by atoms with Gasteiger partial charge in [0.2, 0.25) is 5.89 Å². The molecule has 1 aromatic carbocycles. The van der Waals surface area contributed by atoms with Gasteiger partial charge in [-0.2, -0.15) is 0 Å². The second-order valence-electron chi connectivity index (χ2n) is 6.57. The van der Waals surface area contributed by atoms with Gasteiger partial charge in [-0.05, 0) is 38.3 Å². The predicted molar refractivity (Wildman–Crippen MR) is 96.2 cm³/mol. The third kappa shape index (κ3) is 3.69. The second-order valence-corrected chi connectivity index (χ2v) is 6.57. The van der Waals surface area contributed by atoms with Crippen molar-refractivity contribution in [3.8, 4) is 11.5 Å². The van der Waals surface area contributed by atoms with Crippen LogP contribution in [-0.4, -0.2) is 35.7 Å². The molecule has 4 rings (SSSR count). The maximum absolute atomic E-state index is 5.91. The molecule has 6 nitrogen and oxygen atoms in total. The molecular formula is C19H24N4O2. The first-order valence-corrected chi connectivity index (χ1v) is 9.02. The Morgan fingerprint density at radius 1 is 1.28 bits per heavy atom. The molecule has 2 N–H and O–H groups in total. The number of rotatable bonds is 5. The van der Waals surface area contributed by atoms with Crippen LogP contribution in [-0.2, 0) is 11.3 Å². The summed E-state index contributed by atoms with van der Waals surface area (Å²) in [5.41, 5.74) is 1.79. The Morgan fingerprint density at radius 3 is 2.88 bits per heavy atom. The van der Waals surface area contributed by atoms with E-state index in [0.717, 1.165) is 36.6 Å². The van der Waals surface area contributed by atoms with E-state index in [-0.39, 0.29) is 0 Å². The molecular weight excluding hydrogens is 316 g/mol. The fourth-order valence-electron chi connectivity index (χ4n) is 3.54. The largest absolute Gasteiger partial charge is 0.444 e. The van der Waals surface area contributed by atoms with Crippen LogP contribution in [0.4, 0.5) is 0 Å². The molecule has 0 saturated carbocycles. The average molecular weight is 340 g/mol. The highest BCUT2D eigenvalue weighted by Crippen LogP contribution is 2.34. The predicted octanol–water partition coefficient (Wildman–Crippen LogP) is 2.72. The summed E-state index contributed by atoms with van der Waals surface area (Å²) < 4.78 is 11.5. The molecule has 0 radical (unpaired) electrons. The fourth-order valence-corrected chi connectivity index (χ4v) is 3.54. The molecule has 1 aromatic heterocycles. The Labute approximate surface area is 147 Å². The van der Waals surface area contributed by atoms with Crippen LogP contribution in [0.15, 0.2) is 46.0 Å². The topological polar surface area (TPSA) is 71.7 Å². The minimum atomic E-state index is 0.325. The zero-order valence-corrected chi connectivity index (χ0v) is 14.4. The monoisotopic (exact) mass is 340 g/mol. The zero-order chi connectivity index (χ0) is 17.1. The van der Waals surface area contributed by atoms with Crippen LogP contribution in [0.2, 0.25) is 0 Å². The first-order valence-electron chi connectivity index (χ1n) is 9.02. The lowest BCUT2D eigenvalue weighted by atomic mass is 9.96. The van der Waals surface area contributed by atoms with Crippen molar-refractivity contribution in [3.63, 3.8) is 0 Å². The van der Waals surface area contributed by atoms with E-state index >= 15 is 0 Å². The smallest absolute Gasteiger partial charge is 0.226 e. The van der Waals surface area contributed by atoms with E-state index in [9.17, 15) is 0 Å². The Bertz CT molecular complexity index is 728. The number of aromatic nitrogens is 1. The van der Waals surface area contributed by atoms with Crippen molar-refractivity contribution in [2.45, 2.75) is 51.0 Å². The van der Waals surface area contributed by atoms with Crippen LogP contribution < -0.4 is 10.6 Å². The highest BCUT2D eigenvalue weighted by Gasteiger charge is 2.41. The van der Waals surface area contributed by atoms with Gasteiger partial charge in [0.15, 0.2) is 5.96 Å². The van der Waals surface area contributed by atoms with Crippen LogP contribution in [0.3, 0.4) is 0 Å². The highest BCUT2D eigenvalue weighted by molar-refractivity contribution is 5.80. The van der Waals surface area contributed by atoms with E-state index < -0.39 is 0 Å². The number of ether oxygens (including phenoxy) is 1. The van der Waals surface area contributed by atoms with Crippen LogP contribution >= 0.6 is 0 Å². The Morgan fingerprint density at radius 2 is 2.16 bits per heavy atom. The van der Waals surface area contributed by atoms with Crippen LogP contribution in [0.25, 0.3) is 11.5 Å². The molecule has 2 aromatic rings. The molecule has 3 unspecified atom stereocenters. The van der Waals surface area contributed by atoms with Gasteiger partial charge in [-0.1, -0.05) is 18.2 Å². The SMILES string of the molecule is CCNC(=NCc1coc(-c2ccccc2)n1)NC1CC2CCC1O2. The van der Waals surface area contributed by atoms with E-state index in [1.807, 2.05) is 30.3 Å².